The van der Waals surface area contributed by atoms with Crippen molar-refractivity contribution in [3.63, 3.8) is 0 Å². The standard InChI is InChI=1S/C24H24F3N7/c1-16-14-33(9-10-34(16)21-8-7-19(12-28-21)24(25,26)27)15-18-11-30-32-22(18)23-29-13-20(31-23)17-5-3-2-4-6-17/h2-8,11-13,16H,9-10,14-15H2,1H3,(H,29,31)(H,30,32). The number of imidazole rings is 1. The predicted molar refractivity (Wildman–Crippen MR) is 123 cm³/mol. The topological polar surface area (TPSA) is 76.7 Å². The zero-order valence-corrected chi connectivity index (χ0v) is 18.5. The Bertz CT molecular complexity index is 1230. The molecule has 1 atom stereocenters. The summed E-state index contributed by atoms with van der Waals surface area (Å²) in [7, 11) is 0. The fourth-order valence-corrected chi connectivity index (χ4v) is 4.33. The molecule has 0 bridgehead atoms. The van der Waals surface area contributed by atoms with E-state index >= 15 is 0 Å². The van der Waals surface area contributed by atoms with E-state index in [0.29, 0.717) is 18.9 Å². The van der Waals surface area contributed by atoms with Gasteiger partial charge < -0.3 is 9.88 Å². The summed E-state index contributed by atoms with van der Waals surface area (Å²) in [5, 5.41) is 7.29. The highest BCUT2D eigenvalue weighted by Crippen LogP contribution is 2.30. The van der Waals surface area contributed by atoms with Crippen LogP contribution in [0.1, 0.15) is 18.1 Å². The van der Waals surface area contributed by atoms with Crippen LogP contribution in [-0.4, -0.2) is 55.7 Å². The van der Waals surface area contributed by atoms with Gasteiger partial charge in [-0.1, -0.05) is 30.3 Å². The SMILES string of the molecule is CC1CN(Cc2cn[nH]c2-c2ncc(-c3ccccc3)[nH]2)CCN1c1ccc(C(F)(F)F)cn1. The molecule has 1 saturated heterocycles. The molecule has 176 valence electrons. The third-order valence-corrected chi connectivity index (χ3v) is 6.09. The number of aromatic amines is 2. The minimum Gasteiger partial charge on any atom is -0.351 e. The Kier molecular flexibility index (Phi) is 5.82. The van der Waals surface area contributed by atoms with Crippen LogP contribution in [0.3, 0.4) is 0 Å². The predicted octanol–water partition coefficient (Wildman–Crippen LogP) is 4.59. The molecule has 5 rings (SSSR count). The first-order chi connectivity index (χ1) is 16.4. The van der Waals surface area contributed by atoms with Crippen LogP contribution in [0, 0.1) is 0 Å². The number of benzene rings is 1. The molecule has 0 saturated carbocycles. The number of nitrogens with zero attached hydrogens (tertiary/aromatic N) is 5. The summed E-state index contributed by atoms with van der Waals surface area (Å²) in [6.07, 6.45) is 0.148. The summed E-state index contributed by atoms with van der Waals surface area (Å²) in [5.41, 5.74) is 3.14. The number of aromatic nitrogens is 5. The molecule has 7 nitrogen and oxygen atoms in total. The summed E-state index contributed by atoms with van der Waals surface area (Å²) in [6, 6.07) is 12.6. The van der Waals surface area contributed by atoms with Gasteiger partial charge >= 0.3 is 6.18 Å². The number of hydrogen-bond acceptors (Lipinski definition) is 5. The van der Waals surface area contributed by atoms with Crippen molar-refractivity contribution in [3.05, 3.63) is 72.2 Å². The number of alkyl halides is 3. The number of nitrogens with one attached hydrogen (secondary N) is 2. The first kappa shape index (κ1) is 22.1. The zero-order valence-electron chi connectivity index (χ0n) is 18.5. The minimum atomic E-state index is -4.38. The number of rotatable bonds is 5. The van der Waals surface area contributed by atoms with Gasteiger partial charge in [-0.3, -0.25) is 10.00 Å². The van der Waals surface area contributed by atoms with Gasteiger partial charge in [-0.2, -0.15) is 18.3 Å². The highest BCUT2D eigenvalue weighted by atomic mass is 19.4. The van der Waals surface area contributed by atoms with Crippen LogP contribution in [0.4, 0.5) is 19.0 Å². The summed E-state index contributed by atoms with van der Waals surface area (Å²) >= 11 is 0. The molecule has 4 aromatic rings. The molecular weight excluding hydrogens is 443 g/mol. The van der Waals surface area contributed by atoms with E-state index < -0.39 is 11.7 Å². The molecule has 3 aromatic heterocycles. The van der Waals surface area contributed by atoms with Crippen LogP contribution in [0.15, 0.2) is 61.1 Å². The Morgan fingerprint density at radius 2 is 1.82 bits per heavy atom. The molecule has 0 amide bonds. The monoisotopic (exact) mass is 467 g/mol. The number of hydrogen-bond donors (Lipinski definition) is 2. The maximum Gasteiger partial charge on any atom is 0.417 e. The van der Waals surface area contributed by atoms with Crippen LogP contribution < -0.4 is 4.90 Å². The van der Waals surface area contributed by atoms with Gasteiger partial charge in [-0.25, -0.2) is 9.97 Å². The molecule has 4 heterocycles. The Morgan fingerprint density at radius 3 is 2.53 bits per heavy atom. The molecule has 0 spiro atoms. The third kappa shape index (κ3) is 4.54. The van der Waals surface area contributed by atoms with Crippen molar-refractivity contribution in [2.24, 2.45) is 0 Å². The van der Waals surface area contributed by atoms with E-state index in [1.165, 1.54) is 6.07 Å². The minimum absolute atomic E-state index is 0.0987. The quantitative estimate of drug-likeness (QED) is 0.449. The van der Waals surface area contributed by atoms with E-state index in [1.807, 2.05) is 47.6 Å². The summed E-state index contributed by atoms with van der Waals surface area (Å²) in [5.74, 6) is 1.29. The van der Waals surface area contributed by atoms with Crippen molar-refractivity contribution in [2.45, 2.75) is 25.7 Å². The second kappa shape index (κ2) is 8.94. The van der Waals surface area contributed by atoms with Gasteiger partial charge in [0.1, 0.15) is 11.5 Å². The van der Waals surface area contributed by atoms with E-state index in [1.54, 1.807) is 0 Å². The molecule has 0 radical (unpaired) electrons. The van der Waals surface area contributed by atoms with Crippen LogP contribution in [0.2, 0.25) is 0 Å². The average Bonchev–Trinajstić information content (AvgIpc) is 3.49. The molecule has 10 heteroatoms. The van der Waals surface area contributed by atoms with Crippen LogP contribution in [-0.2, 0) is 12.7 Å². The van der Waals surface area contributed by atoms with Crippen molar-refractivity contribution in [2.75, 3.05) is 24.5 Å². The van der Waals surface area contributed by atoms with Crippen molar-refractivity contribution < 1.29 is 13.2 Å². The lowest BCUT2D eigenvalue weighted by molar-refractivity contribution is -0.137. The van der Waals surface area contributed by atoms with Crippen LogP contribution in [0.25, 0.3) is 22.8 Å². The normalized spacial score (nSPS) is 17.3. The lowest BCUT2D eigenvalue weighted by Crippen LogP contribution is -2.51. The van der Waals surface area contributed by atoms with Gasteiger partial charge in [0.05, 0.1) is 23.7 Å². The number of pyridine rings is 1. The Hall–Kier alpha value is -3.66. The van der Waals surface area contributed by atoms with E-state index in [-0.39, 0.29) is 6.04 Å². The van der Waals surface area contributed by atoms with Crippen molar-refractivity contribution in [1.29, 1.82) is 0 Å². The van der Waals surface area contributed by atoms with Gasteiger partial charge in [0.2, 0.25) is 0 Å². The maximum atomic E-state index is 12.8. The smallest absolute Gasteiger partial charge is 0.351 e. The third-order valence-electron chi connectivity index (χ3n) is 6.09. The van der Waals surface area contributed by atoms with Crippen molar-refractivity contribution in [3.8, 4) is 22.8 Å². The molecule has 2 N–H and O–H groups in total. The van der Waals surface area contributed by atoms with E-state index in [2.05, 4.69) is 37.0 Å². The average molecular weight is 467 g/mol. The van der Waals surface area contributed by atoms with Gasteiger partial charge in [0.25, 0.3) is 0 Å². The van der Waals surface area contributed by atoms with Gasteiger partial charge in [0.15, 0.2) is 5.82 Å². The summed E-state index contributed by atoms with van der Waals surface area (Å²) in [4.78, 5) is 16.3. The molecule has 0 aliphatic carbocycles. The van der Waals surface area contributed by atoms with E-state index in [4.69, 9.17) is 0 Å². The van der Waals surface area contributed by atoms with Crippen LogP contribution in [0.5, 0.6) is 0 Å². The largest absolute Gasteiger partial charge is 0.417 e. The Morgan fingerprint density at radius 1 is 1.00 bits per heavy atom. The van der Waals surface area contributed by atoms with Gasteiger partial charge in [0, 0.05) is 44.0 Å². The summed E-state index contributed by atoms with van der Waals surface area (Å²) in [6.45, 7) is 4.92. The lowest BCUT2D eigenvalue weighted by atomic mass is 10.1. The second-order valence-electron chi connectivity index (χ2n) is 8.46. The summed E-state index contributed by atoms with van der Waals surface area (Å²) < 4.78 is 38.5. The fourth-order valence-electron chi connectivity index (χ4n) is 4.33. The van der Waals surface area contributed by atoms with E-state index in [9.17, 15) is 13.2 Å². The van der Waals surface area contributed by atoms with Crippen LogP contribution >= 0.6 is 0 Å². The Balaban J connectivity index is 1.25. The molecule has 1 aliphatic heterocycles. The fraction of sp³-hybridized carbons (Fsp3) is 0.292. The molecule has 34 heavy (non-hydrogen) atoms. The molecule has 1 fully saturated rings. The maximum absolute atomic E-state index is 12.8. The van der Waals surface area contributed by atoms with Crippen molar-refractivity contribution in [1.82, 2.24) is 30.0 Å². The van der Waals surface area contributed by atoms with Crippen molar-refractivity contribution >= 4 is 5.82 Å². The number of H-pyrrole nitrogens is 2. The van der Waals surface area contributed by atoms with Gasteiger partial charge in [-0.15, -0.1) is 0 Å². The second-order valence-corrected chi connectivity index (χ2v) is 8.46. The van der Waals surface area contributed by atoms with Gasteiger partial charge in [-0.05, 0) is 24.6 Å². The molecule has 1 aromatic carbocycles. The Labute approximate surface area is 194 Å². The molecule has 1 unspecified atom stereocenters. The number of anilines is 1. The number of halogens is 3. The number of piperazine rings is 1. The molecular formula is C24H24F3N7. The zero-order chi connectivity index (χ0) is 23.7. The first-order valence-electron chi connectivity index (χ1n) is 11.0. The highest BCUT2D eigenvalue weighted by molar-refractivity contribution is 5.63. The lowest BCUT2D eigenvalue weighted by Gasteiger charge is -2.40. The van der Waals surface area contributed by atoms with E-state index in [0.717, 1.165) is 53.7 Å². The first-order valence-corrected chi connectivity index (χ1v) is 11.0. The molecule has 1 aliphatic rings. The highest BCUT2D eigenvalue weighted by Gasteiger charge is 2.32.